The number of alkyl halides is 1. The van der Waals surface area contributed by atoms with Crippen LogP contribution >= 0.6 is 0 Å². The first-order valence-electron chi connectivity index (χ1n) is 8.82. The van der Waals surface area contributed by atoms with Gasteiger partial charge in [-0.05, 0) is 50.2 Å². The molecular formula is C21H28FNO3. The van der Waals surface area contributed by atoms with E-state index in [1.807, 2.05) is 62.2 Å². The second-order valence-electron chi connectivity index (χ2n) is 6.61. The highest BCUT2D eigenvalue weighted by molar-refractivity contribution is 5.35. The summed E-state index contributed by atoms with van der Waals surface area (Å²) in [6.07, 6.45) is -0.576. The first kappa shape index (κ1) is 20.2. The second-order valence-corrected chi connectivity index (χ2v) is 6.61. The molecule has 2 rings (SSSR count). The lowest BCUT2D eigenvalue weighted by Gasteiger charge is -2.21. The van der Waals surface area contributed by atoms with E-state index in [1.54, 1.807) is 0 Å². The fraction of sp³-hybridized carbons (Fsp3) is 0.429. The lowest BCUT2D eigenvalue weighted by molar-refractivity contribution is 0.0741. The second kappa shape index (κ2) is 10.1. The number of nitrogens with zero attached hydrogens (tertiary/aromatic N) is 1. The third-order valence-corrected chi connectivity index (χ3v) is 4.01. The maximum absolute atomic E-state index is 12.1. The number of aliphatic hydroxyl groups is 1. The maximum Gasteiger partial charge on any atom is 0.123 e. The zero-order chi connectivity index (χ0) is 18.9. The van der Waals surface area contributed by atoms with Crippen molar-refractivity contribution in [2.45, 2.75) is 26.5 Å². The number of halogens is 1. The van der Waals surface area contributed by atoms with Gasteiger partial charge in [-0.2, -0.15) is 0 Å². The van der Waals surface area contributed by atoms with Crippen molar-refractivity contribution in [1.82, 2.24) is 4.90 Å². The van der Waals surface area contributed by atoms with Gasteiger partial charge in [0.2, 0.25) is 0 Å². The molecule has 2 aromatic carbocycles. The summed E-state index contributed by atoms with van der Waals surface area (Å²) in [7, 11) is 1.95. The third kappa shape index (κ3) is 6.65. The van der Waals surface area contributed by atoms with Crippen LogP contribution in [0, 0.1) is 13.8 Å². The molecule has 4 nitrogen and oxygen atoms in total. The van der Waals surface area contributed by atoms with Gasteiger partial charge in [-0.15, -0.1) is 0 Å². The van der Waals surface area contributed by atoms with Crippen LogP contribution in [0.2, 0.25) is 0 Å². The van der Waals surface area contributed by atoms with E-state index in [-0.39, 0.29) is 13.2 Å². The normalized spacial score (nSPS) is 12.2. The number of rotatable bonds is 10. The summed E-state index contributed by atoms with van der Waals surface area (Å²) < 4.78 is 23.1. The van der Waals surface area contributed by atoms with Crippen molar-refractivity contribution in [1.29, 1.82) is 0 Å². The molecule has 1 N–H and O–H groups in total. The molecule has 0 radical (unpaired) electrons. The minimum atomic E-state index is -0.576. The molecule has 0 heterocycles. The quantitative estimate of drug-likeness (QED) is 0.703. The molecular weight excluding hydrogens is 333 g/mol. The molecule has 0 saturated heterocycles. The minimum absolute atomic E-state index is 0.0753. The molecule has 2 aromatic rings. The molecule has 0 fully saturated rings. The molecule has 5 heteroatoms. The van der Waals surface area contributed by atoms with Crippen LogP contribution in [0.1, 0.15) is 16.7 Å². The number of hydrogen-bond acceptors (Lipinski definition) is 4. The predicted octanol–water partition coefficient (Wildman–Crippen LogP) is 3.52. The summed E-state index contributed by atoms with van der Waals surface area (Å²) in [4.78, 5) is 2.04. The van der Waals surface area contributed by atoms with Gasteiger partial charge in [-0.25, -0.2) is 4.39 Å². The Labute approximate surface area is 155 Å². The van der Waals surface area contributed by atoms with E-state index in [0.717, 1.165) is 16.9 Å². The Balaban J connectivity index is 1.76. The Morgan fingerprint density at radius 1 is 1.08 bits per heavy atom. The summed E-state index contributed by atoms with van der Waals surface area (Å²) in [5, 5.41) is 10.2. The van der Waals surface area contributed by atoms with E-state index in [4.69, 9.17) is 9.47 Å². The van der Waals surface area contributed by atoms with Crippen LogP contribution in [-0.4, -0.2) is 49.6 Å². The number of ether oxygens (including phenoxy) is 2. The average Bonchev–Trinajstić information content (AvgIpc) is 2.60. The fourth-order valence-electron chi connectivity index (χ4n) is 2.78. The maximum atomic E-state index is 12.1. The van der Waals surface area contributed by atoms with E-state index in [1.165, 1.54) is 5.56 Å². The van der Waals surface area contributed by atoms with Crippen LogP contribution in [-0.2, 0) is 6.54 Å². The zero-order valence-corrected chi connectivity index (χ0v) is 15.7. The smallest absolute Gasteiger partial charge is 0.123 e. The Bertz CT molecular complexity index is 675. The Morgan fingerprint density at radius 3 is 2.46 bits per heavy atom. The van der Waals surface area contributed by atoms with Gasteiger partial charge in [0.15, 0.2) is 0 Å². The van der Waals surface area contributed by atoms with Crippen LogP contribution in [0.5, 0.6) is 11.5 Å². The molecule has 0 aliphatic rings. The van der Waals surface area contributed by atoms with Gasteiger partial charge in [0, 0.05) is 13.1 Å². The topological polar surface area (TPSA) is 41.9 Å². The summed E-state index contributed by atoms with van der Waals surface area (Å²) in [5.74, 6) is 1.47. The molecule has 0 aromatic heterocycles. The van der Waals surface area contributed by atoms with Gasteiger partial charge in [0.05, 0.1) is 0 Å². The zero-order valence-electron chi connectivity index (χ0n) is 15.7. The number of benzene rings is 2. The fourth-order valence-corrected chi connectivity index (χ4v) is 2.78. The van der Waals surface area contributed by atoms with Crippen molar-refractivity contribution in [3.05, 3.63) is 59.2 Å². The number of aliphatic hydroxyl groups excluding tert-OH is 1. The van der Waals surface area contributed by atoms with E-state index in [2.05, 4.69) is 6.07 Å². The Hall–Kier alpha value is -2.11. The predicted molar refractivity (Wildman–Crippen MR) is 102 cm³/mol. The Morgan fingerprint density at radius 2 is 1.81 bits per heavy atom. The van der Waals surface area contributed by atoms with Crippen LogP contribution < -0.4 is 9.47 Å². The SMILES string of the molecule is Cc1ccc(OCC(O)CN(C)Cc2ccc(OCCF)cc2)c(C)c1. The van der Waals surface area contributed by atoms with Gasteiger partial charge in [-0.3, -0.25) is 4.90 Å². The Kier molecular flexibility index (Phi) is 7.88. The molecule has 1 unspecified atom stereocenters. The molecule has 0 saturated carbocycles. The number of likely N-dealkylation sites (N-methyl/N-ethyl adjacent to an activating group) is 1. The van der Waals surface area contributed by atoms with E-state index in [9.17, 15) is 9.50 Å². The lowest BCUT2D eigenvalue weighted by atomic mass is 10.1. The monoisotopic (exact) mass is 361 g/mol. The van der Waals surface area contributed by atoms with Crippen LogP contribution in [0.15, 0.2) is 42.5 Å². The van der Waals surface area contributed by atoms with E-state index in [0.29, 0.717) is 18.8 Å². The van der Waals surface area contributed by atoms with Gasteiger partial charge in [-0.1, -0.05) is 29.8 Å². The minimum Gasteiger partial charge on any atom is -0.491 e. The van der Waals surface area contributed by atoms with Gasteiger partial charge in [0.25, 0.3) is 0 Å². The molecule has 0 aliphatic carbocycles. The van der Waals surface area contributed by atoms with Gasteiger partial charge in [0.1, 0.15) is 37.5 Å². The van der Waals surface area contributed by atoms with Crippen molar-refractivity contribution < 1.29 is 19.0 Å². The highest BCUT2D eigenvalue weighted by Gasteiger charge is 2.11. The number of hydrogen-bond donors (Lipinski definition) is 1. The van der Waals surface area contributed by atoms with Crippen molar-refractivity contribution in [2.24, 2.45) is 0 Å². The largest absolute Gasteiger partial charge is 0.491 e. The van der Waals surface area contributed by atoms with Gasteiger partial charge < -0.3 is 14.6 Å². The van der Waals surface area contributed by atoms with E-state index >= 15 is 0 Å². The van der Waals surface area contributed by atoms with Crippen molar-refractivity contribution in [2.75, 3.05) is 33.5 Å². The molecule has 1 atom stereocenters. The van der Waals surface area contributed by atoms with Crippen LogP contribution in [0.4, 0.5) is 4.39 Å². The molecule has 142 valence electrons. The van der Waals surface area contributed by atoms with E-state index < -0.39 is 12.8 Å². The first-order chi connectivity index (χ1) is 12.5. The third-order valence-electron chi connectivity index (χ3n) is 4.01. The summed E-state index contributed by atoms with van der Waals surface area (Å²) in [6, 6.07) is 13.6. The summed E-state index contributed by atoms with van der Waals surface area (Å²) in [5.41, 5.74) is 3.36. The highest BCUT2D eigenvalue weighted by Crippen LogP contribution is 2.19. The molecule has 0 amide bonds. The summed E-state index contributed by atoms with van der Waals surface area (Å²) in [6.45, 7) is 5.08. The average molecular weight is 361 g/mol. The standard InChI is InChI=1S/C21H28FNO3/c1-16-4-9-21(17(2)12-16)26-15-19(24)14-23(3)13-18-5-7-20(8-6-18)25-11-10-22/h4-9,12,19,24H,10-11,13-15H2,1-3H3. The first-order valence-corrected chi connectivity index (χ1v) is 8.82. The molecule has 0 aliphatic heterocycles. The summed E-state index contributed by atoms with van der Waals surface area (Å²) >= 11 is 0. The van der Waals surface area contributed by atoms with Crippen molar-refractivity contribution in [3.8, 4) is 11.5 Å². The molecule has 0 spiro atoms. The van der Waals surface area contributed by atoms with Crippen LogP contribution in [0.3, 0.4) is 0 Å². The molecule has 26 heavy (non-hydrogen) atoms. The van der Waals surface area contributed by atoms with Crippen molar-refractivity contribution >= 4 is 0 Å². The molecule has 0 bridgehead atoms. The number of aryl methyl sites for hydroxylation is 2. The highest BCUT2D eigenvalue weighted by atomic mass is 19.1. The van der Waals surface area contributed by atoms with Gasteiger partial charge >= 0.3 is 0 Å². The van der Waals surface area contributed by atoms with Crippen molar-refractivity contribution in [3.63, 3.8) is 0 Å². The lowest BCUT2D eigenvalue weighted by Crippen LogP contribution is -2.32. The van der Waals surface area contributed by atoms with Crippen LogP contribution in [0.25, 0.3) is 0 Å².